The van der Waals surface area contributed by atoms with E-state index in [-0.39, 0.29) is 24.0 Å². The predicted octanol–water partition coefficient (Wildman–Crippen LogP) is 2.41. The third-order valence-electron chi connectivity index (χ3n) is 4.71. The zero-order chi connectivity index (χ0) is 15.9. The summed E-state index contributed by atoms with van der Waals surface area (Å²) in [6.45, 7) is 8.02. The first-order chi connectivity index (χ1) is 9.84. The number of nitrogens with one attached hydrogen (secondary N) is 1. The molecule has 1 rings (SSSR count). The number of carbonyl (C=O) groups is 1. The maximum absolute atomic E-state index is 12.0. The molecule has 0 aromatic heterocycles. The van der Waals surface area contributed by atoms with Crippen molar-refractivity contribution in [1.29, 1.82) is 0 Å². The standard InChI is InChI=1S/C17H34N2O2/c1-17(2,3)15(13-20)19(4)11-10-16(21)18-12-14-8-6-5-7-9-14/h14-15,20H,5-13H2,1-4H3,(H,18,21). The zero-order valence-corrected chi connectivity index (χ0v) is 14.3. The minimum absolute atomic E-state index is 0.0159. The van der Waals surface area contributed by atoms with Crippen LogP contribution in [0.4, 0.5) is 0 Å². The van der Waals surface area contributed by atoms with Crippen molar-refractivity contribution in [2.45, 2.75) is 65.3 Å². The van der Waals surface area contributed by atoms with Gasteiger partial charge < -0.3 is 15.3 Å². The number of aliphatic hydroxyl groups is 1. The Labute approximate surface area is 130 Å². The van der Waals surface area contributed by atoms with E-state index in [9.17, 15) is 9.90 Å². The Morgan fingerprint density at radius 1 is 1.29 bits per heavy atom. The molecule has 1 aliphatic carbocycles. The smallest absolute Gasteiger partial charge is 0.221 e. The van der Waals surface area contributed by atoms with Gasteiger partial charge in [-0.1, -0.05) is 40.0 Å². The van der Waals surface area contributed by atoms with Crippen LogP contribution in [0.2, 0.25) is 0 Å². The molecule has 0 saturated heterocycles. The first-order valence-corrected chi connectivity index (χ1v) is 8.42. The second-order valence-corrected chi connectivity index (χ2v) is 7.60. The van der Waals surface area contributed by atoms with E-state index in [1.165, 1.54) is 32.1 Å². The number of carbonyl (C=O) groups excluding carboxylic acids is 1. The monoisotopic (exact) mass is 298 g/mol. The van der Waals surface area contributed by atoms with E-state index in [0.29, 0.717) is 18.9 Å². The minimum atomic E-state index is 0.0159. The first kappa shape index (κ1) is 18.4. The van der Waals surface area contributed by atoms with E-state index in [0.717, 1.165) is 6.54 Å². The van der Waals surface area contributed by atoms with Crippen LogP contribution < -0.4 is 5.32 Å². The summed E-state index contributed by atoms with van der Waals surface area (Å²) in [6, 6.07) is 0.0867. The number of hydrogen-bond donors (Lipinski definition) is 2. The van der Waals surface area contributed by atoms with Gasteiger partial charge in [-0.3, -0.25) is 4.79 Å². The highest BCUT2D eigenvalue weighted by molar-refractivity contribution is 5.76. The van der Waals surface area contributed by atoms with Gasteiger partial charge in [0.15, 0.2) is 0 Å². The Morgan fingerprint density at radius 2 is 1.90 bits per heavy atom. The van der Waals surface area contributed by atoms with Crippen LogP contribution in [-0.2, 0) is 4.79 Å². The molecule has 21 heavy (non-hydrogen) atoms. The maximum Gasteiger partial charge on any atom is 0.221 e. The molecule has 1 unspecified atom stereocenters. The second-order valence-electron chi connectivity index (χ2n) is 7.60. The molecular weight excluding hydrogens is 264 g/mol. The fourth-order valence-corrected chi connectivity index (χ4v) is 3.25. The summed E-state index contributed by atoms with van der Waals surface area (Å²) in [5, 5.41) is 12.6. The molecule has 4 nitrogen and oxygen atoms in total. The predicted molar refractivity (Wildman–Crippen MR) is 87.2 cm³/mol. The van der Waals surface area contributed by atoms with Crippen LogP contribution in [0.1, 0.15) is 59.3 Å². The molecule has 4 heteroatoms. The zero-order valence-electron chi connectivity index (χ0n) is 14.3. The van der Waals surface area contributed by atoms with E-state index in [1.807, 2.05) is 7.05 Å². The fourth-order valence-electron chi connectivity index (χ4n) is 3.25. The van der Waals surface area contributed by atoms with Gasteiger partial charge in [-0.2, -0.15) is 0 Å². The molecule has 1 saturated carbocycles. The molecule has 1 aliphatic rings. The topological polar surface area (TPSA) is 52.6 Å². The van der Waals surface area contributed by atoms with Gasteiger partial charge in [-0.25, -0.2) is 0 Å². The number of hydrogen-bond acceptors (Lipinski definition) is 3. The van der Waals surface area contributed by atoms with Crippen LogP contribution in [0.5, 0.6) is 0 Å². The molecule has 2 N–H and O–H groups in total. The molecule has 0 spiro atoms. The quantitative estimate of drug-likeness (QED) is 0.759. The third kappa shape index (κ3) is 6.79. The minimum Gasteiger partial charge on any atom is -0.395 e. The van der Waals surface area contributed by atoms with Crippen LogP contribution in [0, 0.1) is 11.3 Å². The Kier molecular flexibility index (Phi) is 7.67. The lowest BCUT2D eigenvalue weighted by molar-refractivity contribution is -0.121. The van der Waals surface area contributed by atoms with E-state index < -0.39 is 0 Å². The number of likely N-dealkylation sites (N-methyl/N-ethyl adjacent to an activating group) is 1. The van der Waals surface area contributed by atoms with E-state index >= 15 is 0 Å². The average molecular weight is 298 g/mol. The largest absolute Gasteiger partial charge is 0.395 e. The highest BCUT2D eigenvalue weighted by atomic mass is 16.3. The van der Waals surface area contributed by atoms with E-state index in [2.05, 4.69) is 31.0 Å². The highest BCUT2D eigenvalue weighted by Gasteiger charge is 2.27. The summed E-state index contributed by atoms with van der Waals surface area (Å²) in [7, 11) is 1.99. The van der Waals surface area contributed by atoms with Gasteiger partial charge in [0, 0.05) is 25.6 Å². The summed E-state index contributed by atoms with van der Waals surface area (Å²) < 4.78 is 0. The molecule has 0 aliphatic heterocycles. The van der Waals surface area contributed by atoms with Gasteiger partial charge in [0.25, 0.3) is 0 Å². The number of aliphatic hydroxyl groups excluding tert-OH is 1. The highest BCUT2D eigenvalue weighted by Crippen LogP contribution is 2.24. The van der Waals surface area contributed by atoms with Crippen molar-refractivity contribution >= 4 is 5.91 Å². The van der Waals surface area contributed by atoms with Crippen molar-refractivity contribution in [2.24, 2.45) is 11.3 Å². The van der Waals surface area contributed by atoms with Gasteiger partial charge in [0.05, 0.1) is 6.61 Å². The van der Waals surface area contributed by atoms with Crippen molar-refractivity contribution in [3.05, 3.63) is 0 Å². The maximum atomic E-state index is 12.0. The summed E-state index contributed by atoms with van der Waals surface area (Å²) in [6.07, 6.45) is 7.01. The van der Waals surface area contributed by atoms with Crippen LogP contribution in [0.15, 0.2) is 0 Å². The third-order valence-corrected chi connectivity index (χ3v) is 4.71. The van der Waals surface area contributed by atoms with Gasteiger partial charge in [-0.05, 0) is 31.2 Å². The van der Waals surface area contributed by atoms with Crippen LogP contribution in [0.3, 0.4) is 0 Å². The molecule has 0 radical (unpaired) electrons. The SMILES string of the molecule is CN(CCC(=O)NCC1CCCCC1)C(CO)C(C)(C)C. The lowest BCUT2D eigenvalue weighted by Crippen LogP contribution is -2.45. The number of rotatable bonds is 7. The molecule has 1 amide bonds. The number of nitrogens with zero attached hydrogens (tertiary/aromatic N) is 1. The molecule has 124 valence electrons. The Morgan fingerprint density at radius 3 is 2.43 bits per heavy atom. The Balaban J connectivity index is 2.25. The lowest BCUT2D eigenvalue weighted by atomic mass is 9.86. The van der Waals surface area contributed by atoms with Crippen LogP contribution in [0.25, 0.3) is 0 Å². The molecule has 0 aromatic carbocycles. The summed E-state index contributed by atoms with van der Waals surface area (Å²) >= 11 is 0. The molecule has 0 aromatic rings. The normalized spacial score (nSPS) is 18.8. The van der Waals surface area contributed by atoms with Crippen molar-refractivity contribution < 1.29 is 9.90 Å². The van der Waals surface area contributed by atoms with Crippen LogP contribution in [-0.4, -0.2) is 48.7 Å². The summed E-state index contributed by atoms with van der Waals surface area (Å²) in [4.78, 5) is 14.0. The van der Waals surface area contributed by atoms with Gasteiger partial charge in [-0.15, -0.1) is 0 Å². The van der Waals surface area contributed by atoms with E-state index in [1.54, 1.807) is 0 Å². The molecule has 1 atom stereocenters. The Hall–Kier alpha value is -0.610. The average Bonchev–Trinajstić information content (AvgIpc) is 2.43. The van der Waals surface area contributed by atoms with Gasteiger partial charge in [0.1, 0.15) is 0 Å². The van der Waals surface area contributed by atoms with Gasteiger partial charge in [0.2, 0.25) is 5.91 Å². The summed E-state index contributed by atoms with van der Waals surface area (Å²) in [5.74, 6) is 0.818. The molecule has 0 heterocycles. The van der Waals surface area contributed by atoms with Gasteiger partial charge >= 0.3 is 0 Å². The second kappa shape index (κ2) is 8.74. The van der Waals surface area contributed by atoms with Crippen molar-refractivity contribution in [3.8, 4) is 0 Å². The lowest BCUT2D eigenvalue weighted by Gasteiger charge is -2.36. The van der Waals surface area contributed by atoms with Crippen molar-refractivity contribution in [3.63, 3.8) is 0 Å². The summed E-state index contributed by atoms with van der Waals surface area (Å²) in [5.41, 5.74) is 0.0159. The Bertz CT molecular complexity index is 306. The number of amides is 1. The van der Waals surface area contributed by atoms with Crippen molar-refractivity contribution in [1.82, 2.24) is 10.2 Å². The van der Waals surface area contributed by atoms with Crippen LogP contribution >= 0.6 is 0 Å². The first-order valence-electron chi connectivity index (χ1n) is 8.42. The molecule has 1 fully saturated rings. The fraction of sp³-hybridized carbons (Fsp3) is 0.941. The van der Waals surface area contributed by atoms with Crippen molar-refractivity contribution in [2.75, 3.05) is 26.7 Å². The molecule has 0 bridgehead atoms. The molecular formula is C17H34N2O2. The van der Waals surface area contributed by atoms with E-state index in [4.69, 9.17) is 0 Å².